The molecule has 2 aromatic carbocycles. The summed E-state index contributed by atoms with van der Waals surface area (Å²) in [6.07, 6.45) is 0. The van der Waals surface area contributed by atoms with Crippen molar-refractivity contribution in [3.8, 4) is 0 Å². The maximum Gasteiger partial charge on any atom is 3.00 e. The maximum atomic E-state index is 2.24. The van der Waals surface area contributed by atoms with Gasteiger partial charge in [0.25, 0.3) is 0 Å². The van der Waals surface area contributed by atoms with E-state index in [1.165, 1.54) is 21.9 Å². The van der Waals surface area contributed by atoms with Crippen LogP contribution < -0.4 is 0 Å². The monoisotopic (exact) mass is 263 g/mol. The average Bonchev–Trinajstić information content (AvgIpc) is 2.30. The van der Waals surface area contributed by atoms with Crippen LogP contribution >= 0.6 is 0 Å². The number of hydrogen-bond donors (Lipinski definition) is 0. The van der Waals surface area contributed by atoms with E-state index in [2.05, 4.69) is 44.2 Å². The standard InChI is InChI=1S/C11H11.2CH3.Zr/c1-8-7-9(2)11-6-4-3-5-10(8)11;;;/h3-7H,1-2H3;2*1H3;/q3*-1;+3. The van der Waals surface area contributed by atoms with Gasteiger partial charge in [0.05, 0.1) is 0 Å². The topological polar surface area (TPSA) is 0 Å². The van der Waals surface area contributed by atoms with Gasteiger partial charge in [0, 0.05) is 0 Å². The Bertz CT molecular complexity index is 349. The minimum Gasteiger partial charge on any atom is -0.358 e. The third-order valence-corrected chi connectivity index (χ3v) is 2.21. The fourth-order valence-corrected chi connectivity index (χ4v) is 1.65. The first kappa shape index (κ1) is 16.2. The van der Waals surface area contributed by atoms with Crippen molar-refractivity contribution in [2.75, 3.05) is 0 Å². The molecule has 0 nitrogen and oxygen atoms in total. The first-order valence-electron chi connectivity index (χ1n) is 3.90. The summed E-state index contributed by atoms with van der Waals surface area (Å²) in [5.74, 6) is 0. The Balaban J connectivity index is 0. The Morgan fingerprint density at radius 3 is 2.21 bits per heavy atom. The summed E-state index contributed by atoms with van der Waals surface area (Å²) in [5.41, 5.74) is 2.77. The van der Waals surface area contributed by atoms with Gasteiger partial charge in [-0.05, 0) is 0 Å². The Labute approximate surface area is 107 Å². The van der Waals surface area contributed by atoms with E-state index in [1.807, 2.05) is 0 Å². The van der Waals surface area contributed by atoms with Crippen LogP contribution in [0.15, 0.2) is 30.3 Å². The Morgan fingerprint density at radius 2 is 1.64 bits per heavy atom. The van der Waals surface area contributed by atoms with E-state index < -0.39 is 0 Å². The van der Waals surface area contributed by atoms with E-state index >= 15 is 0 Å². The molecule has 0 N–H and O–H groups in total. The molecule has 0 saturated carbocycles. The van der Waals surface area contributed by atoms with Gasteiger partial charge in [0.2, 0.25) is 0 Å². The maximum absolute atomic E-state index is 2.24. The second kappa shape index (κ2) is 6.24. The van der Waals surface area contributed by atoms with Crippen molar-refractivity contribution in [3.63, 3.8) is 0 Å². The molecule has 2 aromatic rings. The molecule has 14 heavy (non-hydrogen) atoms. The molecule has 0 heterocycles. The minimum absolute atomic E-state index is 0. The van der Waals surface area contributed by atoms with Gasteiger partial charge in [-0.15, -0.1) is 40.6 Å². The predicted molar refractivity (Wildman–Crippen MR) is 61.8 cm³/mol. The van der Waals surface area contributed by atoms with Gasteiger partial charge >= 0.3 is 26.2 Å². The number of benzene rings is 1. The molecule has 0 aliphatic carbocycles. The molecule has 0 aliphatic heterocycles. The molecule has 73 valence electrons. The zero-order valence-electron chi connectivity index (χ0n) is 9.39. The van der Waals surface area contributed by atoms with E-state index in [4.69, 9.17) is 0 Å². The summed E-state index contributed by atoms with van der Waals surface area (Å²) < 4.78 is 0. The molecule has 1 radical (unpaired) electrons. The predicted octanol–water partition coefficient (Wildman–Crippen LogP) is 4.07. The number of fused-ring (bicyclic) bond motifs is 1. The number of aryl methyl sites for hydroxylation is 2. The van der Waals surface area contributed by atoms with E-state index in [1.54, 1.807) is 0 Å². The van der Waals surface area contributed by atoms with Crippen molar-refractivity contribution >= 4 is 10.8 Å². The van der Waals surface area contributed by atoms with Crippen molar-refractivity contribution < 1.29 is 26.2 Å². The van der Waals surface area contributed by atoms with Crippen LogP contribution in [0.1, 0.15) is 11.1 Å². The summed E-state index contributed by atoms with van der Waals surface area (Å²) >= 11 is 0. The Morgan fingerprint density at radius 1 is 1.07 bits per heavy atom. The van der Waals surface area contributed by atoms with Crippen LogP contribution in [0.4, 0.5) is 0 Å². The van der Waals surface area contributed by atoms with Gasteiger partial charge in [-0.3, -0.25) is 0 Å². The molecule has 2 rings (SSSR count). The number of rotatable bonds is 0. The molecule has 1 heteroatoms. The Hall–Kier alpha value is -0.287. The van der Waals surface area contributed by atoms with E-state index in [0.29, 0.717) is 0 Å². The van der Waals surface area contributed by atoms with Gasteiger partial charge in [0.15, 0.2) is 0 Å². The average molecular weight is 265 g/mol. The van der Waals surface area contributed by atoms with E-state index in [-0.39, 0.29) is 41.1 Å². The molecular formula is C13H17Zr. The van der Waals surface area contributed by atoms with E-state index in [9.17, 15) is 0 Å². The normalized spacial score (nSPS) is 8.43. The van der Waals surface area contributed by atoms with Crippen LogP contribution in [0.25, 0.3) is 10.8 Å². The summed E-state index contributed by atoms with van der Waals surface area (Å²) in [7, 11) is 0. The molecule has 0 aliphatic rings. The molecule has 0 aromatic heterocycles. The molecule has 0 spiro atoms. The summed E-state index contributed by atoms with van der Waals surface area (Å²) in [5, 5.41) is 2.79. The van der Waals surface area contributed by atoms with Crippen LogP contribution in [-0.2, 0) is 26.2 Å². The van der Waals surface area contributed by atoms with Gasteiger partial charge in [0.1, 0.15) is 0 Å². The first-order chi connectivity index (χ1) is 5.29. The smallest absolute Gasteiger partial charge is 0.358 e. The zero-order chi connectivity index (χ0) is 7.84. The second-order valence-electron chi connectivity index (χ2n) is 3.06. The van der Waals surface area contributed by atoms with Crippen molar-refractivity contribution in [3.05, 3.63) is 56.3 Å². The molecule has 0 amide bonds. The zero-order valence-corrected chi connectivity index (χ0v) is 11.8. The van der Waals surface area contributed by atoms with Crippen LogP contribution in [-0.4, -0.2) is 0 Å². The SMILES string of the molecule is Cc1c[c-](C)c2ccccc12.[CH3-].[CH3-].[Zr+3]. The minimum atomic E-state index is 0. The van der Waals surface area contributed by atoms with E-state index in [0.717, 1.165) is 0 Å². The van der Waals surface area contributed by atoms with Crippen molar-refractivity contribution in [2.45, 2.75) is 13.8 Å². The fraction of sp³-hybridized carbons (Fsp3) is 0.154. The summed E-state index contributed by atoms with van der Waals surface area (Å²) in [4.78, 5) is 0. The van der Waals surface area contributed by atoms with Crippen LogP contribution in [0.2, 0.25) is 0 Å². The largest absolute Gasteiger partial charge is 3.00 e. The van der Waals surface area contributed by atoms with Crippen LogP contribution in [0.5, 0.6) is 0 Å². The van der Waals surface area contributed by atoms with Gasteiger partial charge in [-0.2, -0.15) is 5.56 Å². The molecule has 0 bridgehead atoms. The van der Waals surface area contributed by atoms with Gasteiger partial charge < -0.3 is 14.9 Å². The summed E-state index contributed by atoms with van der Waals surface area (Å²) in [6.45, 7) is 4.32. The van der Waals surface area contributed by atoms with Crippen molar-refractivity contribution in [2.24, 2.45) is 0 Å². The van der Waals surface area contributed by atoms with Crippen LogP contribution in [0, 0.1) is 28.7 Å². The van der Waals surface area contributed by atoms with Crippen LogP contribution in [0.3, 0.4) is 0 Å². The van der Waals surface area contributed by atoms with Gasteiger partial charge in [-0.1, -0.05) is 19.9 Å². The molecule has 0 unspecified atom stereocenters. The third-order valence-electron chi connectivity index (χ3n) is 2.21. The third kappa shape index (κ3) is 2.61. The first-order valence-corrected chi connectivity index (χ1v) is 3.90. The molecule has 0 saturated heterocycles. The number of hydrogen-bond acceptors (Lipinski definition) is 0. The molecule has 0 atom stereocenters. The fourth-order valence-electron chi connectivity index (χ4n) is 1.65. The molecule has 0 fully saturated rings. The second-order valence-corrected chi connectivity index (χ2v) is 3.06. The van der Waals surface area contributed by atoms with Gasteiger partial charge in [-0.25, -0.2) is 0 Å². The quantitative estimate of drug-likeness (QED) is 0.629. The molecular weight excluding hydrogens is 247 g/mol. The van der Waals surface area contributed by atoms with Crippen molar-refractivity contribution in [1.29, 1.82) is 0 Å². The van der Waals surface area contributed by atoms with Crippen molar-refractivity contribution in [1.82, 2.24) is 0 Å². The summed E-state index contributed by atoms with van der Waals surface area (Å²) in [6, 6.07) is 10.8. The Kier molecular flexibility index (Phi) is 7.21.